The van der Waals surface area contributed by atoms with Crippen LogP contribution in [-0.4, -0.2) is 37.0 Å². The van der Waals surface area contributed by atoms with Crippen molar-refractivity contribution in [1.29, 1.82) is 0 Å². The predicted molar refractivity (Wildman–Crippen MR) is 57.8 cm³/mol. The Balaban J connectivity index is 3.69. The summed E-state index contributed by atoms with van der Waals surface area (Å²) in [6, 6.07) is -1.59. The highest BCUT2D eigenvalue weighted by Crippen LogP contribution is 2.18. The Kier molecular flexibility index (Phi) is 5.74. The quantitative estimate of drug-likeness (QED) is 0.757. The molecule has 17 heavy (non-hydrogen) atoms. The number of nitrogens with one attached hydrogen (secondary N) is 2. The molecule has 0 spiro atoms. The van der Waals surface area contributed by atoms with Gasteiger partial charge in [-0.15, -0.1) is 0 Å². The van der Waals surface area contributed by atoms with Gasteiger partial charge in [-0.05, 0) is 27.7 Å². The lowest BCUT2D eigenvalue weighted by Crippen LogP contribution is -2.43. The third-order valence-electron chi connectivity index (χ3n) is 1.73. The van der Waals surface area contributed by atoms with Gasteiger partial charge in [0.15, 0.2) is 0 Å². The Morgan fingerprint density at radius 3 is 2.18 bits per heavy atom. The van der Waals surface area contributed by atoms with Crippen LogP contribution in [0.25, 0.3) is 0 Å². The number of rotatable bonds is 4. The highest BCUT2D eigenvalue weighted by molar-refractivity contribution is 5.67. The average Bonchev–Trinajstić information content (AvgIpc) is 2.07. The molecule has 0 bridgehead atoms. The van der Waals surface area contributed by atoms with Crippen LogP contribution in [0.5, 0.6) is 0 Å². The van der Waals surface area contributed by atoms with E-state index in [1.165, 1.54) is 0 Å². The fourth-order valence-electron chi connectivity index (χ4n) is 0.883. The summed E-state index contributed by atoms with van der Waals surface area (Å²) < 4.78 is 41.2. The second kappa shape index (κ2) is 6.09. The molecule has 1 amide bonds. The molecule has 7 heteroatoms. The summed E-state index contributed by atoms with van der Waals surface area (Å²) in [6.07, 6.45) is -4.91. The molecule has 0 aliphatic carbocycles. The van der Waals surface area contributed by atoms with Crippen LogP contribution in [0.2, 0.25) is 0 Å². The largest absolute Gasteiger partial charge is 0.444 e. The third-order valence-corrected chi connectivity index (χ3v) is 1.73. The second-order valence-corrected chi connectivity index (χ2v) is 4.65. The smallest absolute Gasteiger partial charge is 0.407 e. The van der Waals surface area contributed by atoms with E-state index in [1.54, 1.807) is 20.8 Å². The Morgan fingerprint density at radius 2 is 1.76 bits per heavy atom. The molecule has 0 aliphatic rings. The minimum absolute atomic E-state index is 0.0277. The van der Waals surface area contributed by atoms with Gasteiger partial charge in [0.25, 0.3) is 0 Å². The predicted octanol–water partition coefficient (Wildman–Crippen LogP) is 2.05. The molecule has 0 heterocycles. The highest BCUT2D eigenvalue weighted by atomic mass is 19.4. The van der Waals surface area contributed by atoms with Crippen molar-refractivity contribution in [1.82, 2.24) is 10.6 Å². The van der Waals surface area contributed by atoms with Crippen LogP contribution in [0.3, 0.4) is 0 Å². The van der Waals surface area contributed by atoms with Gasteiger partial charge >= 0.3 is 12.3 Å². The maximum Gasteiger partial charge on any atom is 0.407 e. The van der Waals surface area contributed by atoms with E-state index in [0.717, 1.165) is 6.92 Å². The summed E-state index contributed by atoms with van der Waals surface area (Å²) in [5.41, 5.74) is -0.614. The van der Waals surface area contributed by atoms with Gasteiger partial charge in [-0.1, -0.05) is 0 Å². The SMILES string of the molecule is CC(NCCNC(=O)OC(C)(C)C)C(F)(F)F. The first kappa shape index (κ1) is 16.0. The standard InChI is InChI=1S/C10H19F3N2O2/c1-7(10(11,12)13)14-5-6-15-8(16)17-9(2,3)4/h7,14H,5-6H2,1-4H3,(H,15,16). The van der Waals surface area contributed by atoms with Crippen LogP contribution < -0.4 is 10.6 Å². The van der Waals surface area contributed by atoms with Gasteiger partial charge in [0.2, 0.25) is 0 Å². The number of carbonyl (C=O) groups is 1. The minimum Gasteiger partial charge on any atom is -0.444 e. The van der Waals surface area contributed by atoms with Crippen molar-refractivity contribution < 1.29 is 22.7 Å². The van der Waals surface area contributed by atoms with Gasteiger partial charge in [-0.2, -0.15) is 13.2 Å². The normalized spacial score (nSPS) is 14.3. The molecular formula is C10H19F3N2O2. The van der Waals surface area contributed by atoms with Crippen molar-refractivity contribution in [3.05, 3.63) is 0 Å². The van der Waals surface area contributed by atoms with Crippen molar-refractivity contribution in [3.63, 3.8) is 0 Å². The van der Waals surface area contributed by atoms with Crippen LogP contribution in [0.15, 0.2) is 0 Å². The highest BCUT2D eigenvalue weighted by Gasteiger charge is 2.35. The molecule has 102 valence electrons. The lowest BCUT2D eigenvalue weighted by molar-refractivity contribution is -0.151. The van der Waals surface area contributed by atoms with E-state index in [9.17, 15) is 18.0 Å². The monoisotopic (exact) mass is 256 g/mol. The zero-order chi connectivity index (χ0) is 13.7. The summed E-state index contributed by atoms with van der Waals surface area (Å²) in [4.78, 5) is 11.1. The zero-order valence-electron chi connectivity index (χ0n) is 10.4. The zero-order valence-corrected chi connectivity index (χ0v) is 10.4. The molecule has 0 saturated heterocycles. The molecule has 4 nitrogen and oxygen atoms in total. The van der Waals surface area contributed by atoms with Crippen LogP contribution in [-0.2, 0) is 4.74 Å². The maximum absolute atomic E-state index is 12.1. The molecule has 0 saturated carbocycles. The molecule has 1 atom stereocenters. The average molecular weight is 256 g/mol. The van der Waals surface area contributed by atoms with Crippen molar-refractivity contribution in [2.24, 2.45) is 0 Å². The summed E-state index contributed by atoms with van der Waals surface area (Å²) in [7, 11) is 0. The molecule has 1 unspecified atom stereocenters. The Bertz CT molecular complexity index is 249. The molecular weight excluding hydrogens is 237 g/mol. The number of ether oxygens (including phenoxy) is 1. The van der Waals surface area contributed by atoms with Gasteiger partial charge < -0.3 is 15.4 Å². The van der Waals surface area contributed by atoms with E-state index >= 15 is 0 Å². The lowest BCUT2D eigenvalue weighted by atomic mass is 10.2. The van der Waals surface area contributed by atoms with Gasteiger partial charge in [0.1, 0.15) is 11.6 Å². The van der Waals surface area contributed by atoms with E-state index in [0.29, 0.717) is 0 Å². The first-order valence-electron chi connectivity index (χ1n) is 5.29. The third kappa shape index (κ3) is 8.79. The fraction of sp³-hybridized carbons (Fsp3) is 0.900. The lowest BCUT2D eigenvalue weighted by Gasteiger charge is -2.20. The van der Waals surface area contributed by atoms with Crippen LogP contribution >= 0.6 is 0 Å². The first-order chi connectivity index (χ1) is 7.52. The second-order valence-electron chi connectivity index (χ2n) is 4.65. The van der Waals surface area contributed by atoms with Crippen molar-refractivity contribution >= 4 is 6.09 Å². The van der Waals surface area contributed by atoms with Crippen LogP contribution in [0.4, 0.5) is 18.0 Å². The summed E-state index contributed by atoms with van der Waals surface area (Å²) >= 11 is 0. The summed E-state index contributed by atoms with van der Waals surface area (Å²) in [6.45, 7) is 6.24. The number of hydrogen-bond donors (Lipinski definition) is 2. The maximum atomic E-state index is 12.1. The Hall–Kier alpha value is -0.980. The van der Waals surface area contributed by atoms with E-state index in [-0.39, 0.29) is 13.1 Å². The molecule has 0 fully saturated rings. The molecule has 0 aliphatic heterocycles. The molecule has 0 aromatic heterocycles. The first-order valence-corrected chi connectivity index (χ1v) is 5.29. The molecule has 0 rings (SSSR count). The Morgan fingerprint density at radius 1 is 1.24 bits per heavy atom. The molecule has 0 radical (unpaired) electrons. The van der Waals surface area contributed by atoms with E-state index < -0.39 is 23.9 Å². The van der Waals surface area contributed by atoms with Gasteiger partial charge in [0, 0.05) is 13.1 Å². The van der Waals surface area contributed by atoms with Crippen molar-refractivity contribution in [3.8, 4) is 0 Å². The Labute approximate surface area is 98.9 Å². The van der Waals surface area contributed by atoms with E-state index in [4.69, 9.17) is 4.74 Å². The number of halogens is 3. The summed E-state index contributed by atoms with van der Waals surface area (Å²) in [5, 5.41) is 4.60. The molecule has 0 aromatic rings. The van der Waals surface area contributed by atoms with E-state index in [2.05, 4.69) is 10.6 Å². The van der Waals surface area contributed by atoms with Gasteiger partial charge in [-0.25, -0.2) is 4.79 Å². The number of alkyl halides is 3. The van der Waals surface area contributed by atoms with Crippen LogP contribution in [0.1, 0.15) is 27.7 Å². The summed E-state index contributed by atoms with van der Waals surface area (Å²) in [5.74, 6) is 0. The number of alkyl carbamates (subject to hydrolysis) is 1. The van der Waals surface area contributed by atoms with Gasteiger partial charge in [-0.3, -0.25) is 0 Å². The van der Waals surface area contributed by atoms with Crippen LogP contribution in [0, 0.1) is 0 Å². The van der Waals surface area contributed by atoms with E-state index in [1.807, 2.05) is 0 Å². The number of carbonyl (C=O) groups excluding carboxylic acids is 1. The number of amides is 1. The minimum atomic E-state index is -4.27. The topological polar surface area (TPSA) is 50.4 Å². The molecule has 2 N–H and O–H groups in total. The van der Waals surface area contributed by atoms with Gasteiger partial charge in [0.05, 0.1) is 0 Å². The molecule has 0 aromatic carbocycles. The number of hydrogen-bond acceptors (Lipinski definition) is 3. The fourth-order valence-corrected chi connectivity index (χ4v) is 0.883. The van der Waals surface area contributed by atoms with Crippen molar-refractivity contribution in [2.45, 2.75) is 45.5 Å². The van der Waals surface area contributed by atoms with Crippen molar-refractivity contribution in [2.75, 3.05) is 13.1 Å².